The predicted octanol–water partition coefficient (Wildman–Crippen LogP) is -9.30. The smallest absolute Gasteiger partial charge is 0.857 e. The minimum absolute atomic E-state index is 0. The number of nitrogens with two attached hydrogens (primary N) is 1. The third kappa shape index (κ3) is 6.04. The molecule has 0 aromatic carbocycles. The van der Waals surface area contributed by atoms with E-state index in [1.54, 1.807) is 0 Å². The van der Waals surface area contributed by atoms with E-state index in [4.69, 9.17) is 15.4 Å². The van der Waals surface area contributed by atoms with Crippen LogP contribution in [-0.4, -0.2) is 64.4 Å². The average molecular weight is 455 g/mol. The molecule has 0 radical (unpaired) electrons. The van der Waals surface area contributed by atoms with Crippen LogP contribution >= 0.6 is 15.6 Å². The van der Waals surface area contributed by atoms with Crippen molar-refractivity contribution in [1.29, 1.82) is 0 Å². The van der Waals surface area contributed by atoms with Gasteiger partial charge in [-0.25, -0.2) is 18.8 Å². The van der Waals surface area contributed by atoms with Crippen LogP contribution in [0.15, 0.2) is 6.33 Å². The molecule has 1 aliphatic rings. The molecule has 0 bridgehead atoms. The fourth-order valence-electron chi connectivity index (χ4n) is 2.51. The van der Waals surface area contributed by atoms with Gasteiger partial charge in [-0.2, -0.15) is 4.98 Å². The number of anilines is 1. The maximum atomic E-state index is 11.7. The Balaban J connectivity index is 0.00000225. The van der Waals surface area contributed by atoms with E-state index in [1.807, 2.05) is 0 Å². The summed E-state index contributed by atoms with van der Waals surface area (Å²) in [6.45, 7) is -0.904. The molecular weight excluding hydrogens is 442 g/mol. The molecule has 6 atom stereocenters. The van der Waals surface area contributed by atoms with Crippen molar-refractivity contribution in [3.05, 3.63) is 6.33 Å². The summed E-state index contributed by atoms with van der Waals surface area (Å²) < 4.78 is 36.2. The van der Waals surface area contributed by atoms with Crippen molar-refractivity contribution in [3.8, 4) is 5.88 Å². The molecule has 156 valence electrons. The Morgan fingerprint density at radius 2 is 1.87 bits per heavy atom. The number of aliphatic hydroxyl groups excluding tert-OH is 2. The van der Waals surface area contributed by atoms with Gasteiger partial charge in [-0.3, -0.25) is 13.7 Å². The molecule has 20 heteroatoms. The van der Waals surface area contributed by atoms with Gasteiger partial charge in [0.15, 0.2) is 11.9 Å². The van der Waals surface area contributed by atoms with Crippen molar-refractivity contribution in [2.24, 2.45) is 0 Å². The van der Waals surface area contributed by atoms with Gasteiger partial charge in [-0.05, 0) is 0 Å². The van der Waals surface area contributed by atoms with Gasteiger partial charge in [0.25, 0.3) is 7.82 Å². The zero-order valence-electron chi connectivity index (χ0n) is 15.5. The second-order valence-corrected chi connectivity index (χ2v) is 8.36. The molecule has 16 nitrogen and oxygen atoms in total. The van der Waals surface area contributed by atoms with Gasteiger partial charge >= 0.3 is 45.5 Å². The standard InChI is InChI=1S/C10H15N5O11P2.2Li/c11-10-13-7-4(8(18)14-10)12-2-15(7)9-6(17)5(16)3(25-9)1-24-28(22,23)26-27(19,20)21;;/h2-3,5-6,9,16-17H,1H2,(H,22,23)(H2,19,20,21)(H3,11,13,14,18);;/q;2*+1/p-2/t3-,5-,6-,9-;;/m1../s1. The van der Waals surface area contributed by atoms with Crippen LogP contribution in [0.25, 0.3) is 11.2 Å². The van der Waals surface area contributed by atoms with Gasteiger partial charge in [-0.1, -0.05) is 0 Å². The van der Waals surface area contributed by atoms with Gasteiger partial charge in [0.05, 0.1) is 12.9 Å². The number of aromatic nitrogens is 4. The summed E-state index contributed by atoms with van der Waals surface area (Å²) in [5, 5.41) is 32.0. The van der Waals surface area contributed by atoms with Crippen LogP contribution in [0.3, 0.4) is 0 Å². The molecule has 1 fully saturated rings. The van der Waals surface area contributed by atoms with E-state index in [1.165, 1.54) is 0 Å². The number of fused-ring (bicyclic) bond motifs is 1. The summed E-state index contributed by atoms with van der Waals surface area (Å²) in [5.41, 5.74) is 5.13. The molecular formula is C10H13Li2N5O11P2. The van der Waals surface area contributed by atoms with Crippen molar-refractivity contribution in [2.45, 2.75) is 24.5 Å². The molecule has 3 heterocycles. The van der Waals surface area contributed by atoms with Crippen LogP contribution in [-0.2, 0) is 22.7 Å². The van der Waals surface area contributed by atoms with E-state index in [9.17, 15) is 34.2 Å². The third-order valence-corrected chi connectivity index (χ3v) is 5.75. The number of hydrogen-bond donors (Lipinski definition) is 5. The van der Waals surface area contributed by atoms with Crippen LogP contribution < -0.4 is 53.5 Å². The molecule has 1 saturated heterocycles. The maximum Gasteiger partial charge on any atom is 1.00 e. The van der Waals surface area contributed by atoms with Crippen LogP contribution in [0.1, 0.15) is 6.23 Å². The molecule has 0 amide bonds. The number of aliphatic hydroxyl groups is 2. The van der Waals surface area contributed by atoms with Crippen LogP contribution in [0.4, 0.5) is 5.95 Å². The van der Waals surface area contributed by atoms with Crippen LogP contribution in [0.2, 0.25) is 0 Å². The van der Waals surface area contributed by atoms with Gasteiger partial charge in [0.1, 0.15) is 23.8 Å². The summed E-state index contributed by atoms with van der Waals surface area (Å²) in [5.74, 6) is -1.14. The van der Waals surface area contributed by atoms with Crippen molar-refractivity contribution < 1.29 is 90.4 Å². The van der Waals surface area contributed by atoms with Gasteiger partial charge in [0, 0.05) is 5.88 Å². The molecule has 2 aromatic heterocycles. The fourth-order valence-corrected chi connectivity index (χ4v) is 4.08. The molecule has 0 saturated carbocycles. The first-order valence-corrected chi connectivity index (χ1v) is 10.3. The summed E-state index contributed by atoms with van der Waals surface area (Å²) in [4.78, 5) is 39.2. The van der Waals surface area contributed by atoms with Gasteiger partial charge < -0.3 is 40.5 Å². The second kappa shape index (κ2) is 9.96. The molecule has 0 aliphatic carbocycles. The SMILES string of the molecule is Nc1nc([O-])c2ncn([C@@H]3O[C@H](COP(=O)(O)OP(=O)([O-])O)[C@@H](O)[C@H]3O)c2n1.[Li+].[Li+]. The van der Waals surface area contributed by atoms with Crippen molar-refractivity contribution in [2.75, 3.05) is 12.3 Å². The summed E-state index contributed by atoms with van der Waals surface area (Å²) in [6, 6.07) is 0. The maximum absolute atomic E-state index is 11.7. The monoisotopic (exact) mass is 455 g/mol. The minimum Gasteiger partial charge on any atom is -0.857 e. The predicted molar refractivity (Wildman–Crippen MR) is 81.8 cm³/mol. The largest absolute Gasteiger partial charge is 1.00 e. The van der Waals surface area contributed by atoms with E-state index < -0.39 is 52.7 Å². The zero-order chi connectivity index (χ0) is 20.9. The molecule has 2 aromatic rings. The number of phosphoric acid groups is 2. The van der Waals surface area contributed by atoms with E-state index >= 15 is 0 Å². The van der Waals surface area contributed by atoms with Gasteiger partial charge in [0.2, 0.25) is 5.95 Å². The van der Waals surface area contributed by atoms with Crippen molar-refractivity contribution in [3.63, 3.8) is 0 Å². The number of nitrogens with zero attached hydrogens (tertiary/aromatic N) is 4. The number of nitrogen functional groups attached to an aromatic ring is 1. The molecule has 30 heavy (non-hydrogen) atoms. The van der Waals surface area contributed by atoms with Crippen molar-refractivity contribution in [1.82, 2.24) is 19.5 Å². The summed E-state index contributed by atoms with van der Waals surface area (Å²) >= 11 is 0. The van der Waals surface area contributed by atoms with E-state index in [-0.39, 0.29) is 54.8 Å². The fraction of sp³-hybridized carbons (Fsp3) is 0.500. The van der Waals surface area contributed by atoms with E-state index in [2.05, 4.69) is 23.8 Å². The number of imidazole rings is 1. The van der Waals surface area contributed by atoms with Crippen LogP contribution in [0, 0.1) is 0 Å². The zero-order valence-corrected chi connectivity index (χ0v) is 17.3. The Bertz CT molecular complexity index is 989. The Morgan fingerprint density at radius 3 is 2.47 bits per heavy atom. The van der Waals surface area contributed by atoms with E-state index in [0.29, 0.717) is 0 Å². The molecule has 2 unspecified atom stereocenters. The topological polar surface area (TPSA) is 258 Å². The first-order chi connectivity index (χ1) is 12.9. The Kier molecular flexibility index (Phi) is 9.13. The number of hydrogen-bond acceptors (Lipinski definition) is 13. The van der Waals surface area contributed by atoms with Crippen molar-refractivity contribution >= 4 is 32.8 Å². The minimum atomic E-state index is -5.57. The average Bonchev–Trinajstić information content (AvgIpc) is 3.06. The molecule has 6 N–H and O–H groups in total. The van der Waals surface area contributed by atoms with E-state index in [0.717, 1.165) is 10.9 Å². The third-order valence-electron chi connectivity index (χ3n) is 3.63. The Labute approximate surface area is 191 Å². The Morgan fingerprint density at radius 1 is 1.23 bits per heavy atom. The Hall–Kier alpha value is -0.515. The molecule has 0 spiro atoms. The first-order valence-electron chi connectivity index (χ1n) is 7.29. The molecule has 1 aliphatic heterocycles. The second-order valence-electron chi connectivity index (χ2n) is 5.57. The quantitative estimate of drug-likeness (QED) is 0.200. The number of rotatable bonds is 6. The molecule has 3 rings (SSSR count). The normalized spacial score (nSPS) is 27.6. The van der Waals surface area contributed by atoms with Gasteiger partial charge in [-0.15, -0.1) is 0 Å². The number of phosphoric ester groups is 1. The summed E-state index contributed by atoms with van der Waals surface area (Å²) in [6.07, 6.45) is -5.01. The van der Waals surface area contributed by atoms with Crippen LogP contribution in [0.5, 0.6) is 5.88 Å². The summed E-state index contributed by atoms with van der Waals surface area (Å²) in [7, 11) is -10.8. The first kappa shape index (κ1) is 27.5. The number of ether oxygens (including phenoxy) is 1.